The van der Waals surface area contributed by atoms with Crippen LogP contribution in [0.2, 0.25) is 0 Å². The highest BCUT2D eigenvalue weighted by Gasteiger charge is 2.25. The van der Waals surface area contributed by atoms with Gasteiger partial charge in [0.15, 0.2) is 12.3 Å². The summed E-state index contributed by atoms with van der Waals surface area (Å²) in [6.45, 7) is 6.10. The maximum Gasteiger partial charge on any atom is 0.341 e. The van der Waals surface area contributed by atoms with Gasteiger partial charge in [-0.2, -0.15) is 0 Å². The first-order valence-corrected chi connectivity index (χ1v) is 10.3. The summed E-state index contributed by atoms with van der Waals surface area (Å²) >= 11 is 1.39. The predicted octanol–water partition coefficient (Wildman–Crippen LogP) is 3.76. The van der Waals surface area contributed by atoms with Crippen molar-refractivity contribution < 1.29 is 24.1 Å². The fraction of sp³-hybridized carbons (Fsp3) is 0.273. The second-order valence-electron chi connectivity index (χ2n) is 6.64. The molecule has 0 fully saturated rings. The molecule has 0 saturated carbocycles. The quantitative estimate of drug-likeness (QED) is 0.551. The van der Waals surface area contributed by atoms with E-state index in [0.717, 1.165) is 21.8 Å². The molecule has 29 heavy (non-hydrogen) atoms. The van der Waals surface area contributed by atoms with Crippen LogP contribution < -0.4 is 10.6 Å². The second kappa shape index (κ2) is 9.54. The number of rotatable bonds is 8. The van der Waals surface area contributed by atoms with Crippen molar-refractivity contribution in [2.24, 2.45) is 0 Å². The molecule has 6 nitrogen and oxygen atoms in total. The van der Waals surface area contributed by atoms with Crippen LogP contribution in [0.3, 0.4) is 0 Å². The molecule has 3 aromatic rings. The molecule has 0 unspecified atom stereocenters. The number of quaternary nitrogens is 1. The van der Waals surface area contributed by atoms with Crippen molar-refractivity contribution in [2.45, 2.75) is 26.8 Å². The molecule has 1 amide bonds. The Morgan fingerprint density at radius 3 is 2.62 bits per heavy atom. The summed E-state index contributed by atoms with van der Waals surface area (Å²) in [5.41, 5.74) is 2.23. The largest absolute Gasteiger partial charge is 0.463 e. The molecule has 152 valence electrons. The number of esters is 1. The normalized spacial score (nSPS) is 11.8. The van der Waals surface area contributed by atoms with Crippen LogP contribution in [0.1, 0.15) is 41.6 Å². The Kier molecular flexibility index (Phi) is 6.85. The van der Waals surface area contributed by atoms with Crippen molar-refractivity contribution in [3.05, 3.63) is 65.6 Å². The lowest BCUT2D eigenvalue weighted by Crippen LogP contribution is -2.86. The highest BCUT2D eigenvalue weighted by atomic mass is 32.1. The van der Waals surface area contributed by atoms with E-state index in [9.17, 15) is 9.59 Å². The maximum atomic E-state index is 12.6. The third-order valence-corrected chi connectivity index (χ3v) is 5.82. The first-order chi connectivity index (χ1) is 14.0. The van der Waals surface area contributed by atoms with Crippen LogP contribution in [0.15, 0.2) is 53.1 Å². The van der Waals surface area contributed by atoms with Gasteiger partial charge in [-0.15, -0.1) is 11.3 Å². The van der Waals surface area contributed by atoms with E-state index in [2.05, 4.69) is 5.32 Å². The standard InChI is InChI=1S/C22H24N2O4S/c1-4-27-22(26)19-14(2)20(16-9-6-5-7-10-16)29-21(19)24-18(25)13-23-15(3)17-11-8-12-28-17/h5-12,15,23H,4,13H2,1-3H3,(H,24,25)/p+1/t15-/m0/s1. The van der Waals surface area contributed by atoms with Crippen LogP contribution in [-0.2, 0) is 9.53 Å². The average molecular weight is 414 g/mol. The van der Waals surface area contributed by atoms with Gasteiger partial charge in [-0.25, -0.2) is 4.79 Å². The van der Waals surface area contributed by atoms with Crippen molar-refractivity contribution in [3.63, 3.8) is 0 Å². The Hall–Kier alpha value is -2.90. The van der Waals surface area contributed by atoms with E-state index < -0.39 is 5.97 Å². The number of carbonyl (C=O) groups is 2. The van der Waals surface area contributed by atoms with E-state index in [1.165, 1.54) is 11.3 Å². The highest BCUT2D eigenvalue weighted by molar-refractivity contribution is 7.20. The number of nitrogens with two attached hydrogens (primary N) is 1. The summed E-state index contributed by atoms with van der Waals surface area (Å²) in [6.07, 6.45) is 1.62. The molecular weight excluding hydrogens is 388 g/mol. The molecule has 0 bridgehead atoms. The number of anilines is 1. The summed E-state index contributed by atoms with van der Waals surface area (Å²) in [5.74, 6) is 0.199. The van der Waals surface area contributed by atoms with Crippen LogP contribution >= 0.6 is 11.3 Å². The first-order valence-electron chi connectivity index (χ1n) is 9.53. The Labute approximate surface area is 173 Å². The SMILES string of the molecule is CCOC(=O)c1c(NC(=O)C[NH2+][C@@H](C)c2ccco2)sc(-c2ccccc2)c1C. The third-order valence-electron chi connectivity index (χ3n) is 4.56. The highest BCUT2D eigenvalue weighted by Crippen LogP contribution is 2.40. The topological polar surface area (TPSA) is 85.1 Å². The van der Waals surface area contributed by atoms with Crippen molar-refractivity contribution in [3.8, 4) is 10.4 Å². The van der Waals surface area contributed by atoms with Crippen LogP contribution in [0.4, 0.5) is 5.00 Å². The monoisotopic (exact) mass is 413 g/mol. The Balaban J connectivity index is 1.79. The maximum absolute atomic E-state index is 12.6. The molecule has 7 heteroatoms. The number of ether oxygens (including phenoxy) is 1. The molecule has 0 aliphatic heterocycles. The number of thiophene rings is 1. The molecular formula is C22H25N2O4S+. The van der Waals surface area contributed by atoms with Crippen LogP contribution in [0.5, 0.6) is 0 Å². The molecule has 0 aliphatic rings. The first kappa shape index (κ1) is 20.8. The molecule has 2 aromatic heterocycles. The number of hydrogen-bond donors (Lipinski definition) is 2. The zero-order valence-electron chi connectivity index (χ0n) is 16.7. The smallest absolute Gasteiger partial charge is 0.341 e. The van der Waals surface area contributed by atoms with Crippen LogP contribution in [0.25, 0.3) is 10.4 Å². The molecule has 0 saturated heterocycles. The Morgan fingerprint density at radius 2 is 1.97 bits per heavy atom. The molecule has 2 heterocycles. The Morgan fingerprint density at radius 1 is 1.21 bits per heavy atom. The van der Waals surface area contributed by atoms with E-state index in [4.69, 9.17) is 9.15 Å². The van der Waals surface area contributed by atoms with E-state index in [1.54, 1.807) is 13.2 Å². The predicted molar refractivity (Wildman–Crippen MR) is 113 cm³/mol. The summed E-state index contributed by atoms with van der Waals surface area (Å²) in [5, 5.41) is 5.30. The lowest BCUT2D eigenvalue weighted by molar-refractivity contribution is -0.684. The third kappa shape index (κ3) is 4.93. The van der Waals surface area contributed by atoms with Gasteiger partial charge in [-0.3, -0.25) is 4.79 Å². The summed E-state index contributed by atoms with van der Waals surface area (Å²) in [6, 6.07) is 13.5. The van der Waals surface area contributed by atoms with Crippen molar-refractivity contribution in [1.29, 1.82) is 0 Å². The van der Waals surface area contributed by atoms with Crippen LogP contribution in [-0.4, -0.2) is 25.0 Å². The number of nitrogens with one attached hydrogen (secondary N) is 1. The van der Waals surface area contributed by atoms with E-state index in [-0.39, 0.29) is 25.1 Å². The lowest BCUT2D eigenvalue weighted by Gasteiger charge is -2.09. The van der Waals surface area contributed by atoms with Gasteiger partial charge in [-0.05, 0) is 44.0 Å². The summed E-state index contributed by atoms with van der Waals surface area (Å²) in [4.78, 5) is 26.0. The number of furan rings is 1. The van der Waals surface area contributed by atoms with Gasteiger partial charge in [0.05, 0.1) is 18.4 Å². The summed E-state index contributed by atoms with van der Waals surface area (Å²) < 4.78 is 10.6. The lowest BCUT2D eigenvalue weighted by atomic mass is 10.1. The molecule has 1 aromatic carbocycles. The molecule has 1 atom stereocenters. The second-order valence-corrected chi connectivity index (χ2v) is 7.66. The van der Waals surface area contributed by atoms with Gasteiger partial charge in [0.2, 0.25) is 0 Å². The fourth-order valence-corrected chi connectivity index (χ4v) is 4.26. The van der Waals surface area contributed by atoms with Gasteiger partial charge >= 0.3 is 5.97 Å². The fourth-order valence-electron chi connectivity index (χ4n) is 3.04. The Bertz CT molecular complexity index is 964. The van der Waals surface area contributed by atoms with Gasteiger partial charge in [0.25, 0.3) is 5.91 Å². The summed E-state index contributed by atoms with van der Waals surface area (Å²) in [7, 11) is 0. The van der Waals surface area contributed by atoms with E-state index >= 15 is 0 Å². The molecule has 0 aliphatic carbocycles. The van der Waals surface area contributed by atoms with E-state index in [0.29, 0.717) is 10.6 Å². The molecule has 3 rings (SSSR count). The van der Waals surface area contributed by atoms with Gasteiger partial charge in [0.1, 0.15) is 11.0 Å². The zero-order valence-corrected chi connectivity index (χ0v) is 17.5. The molecule has 0 spiro atoms. The van der Waals surface area contributed by atoms with Gasteiger partial charge in [0, 0.05) is 4.88 Å². The van der Waals surface area contributed by atoms with Crippen molar-refractivity contribution in [1.82, 2.24) is 0 Å². The number of carbonyl (C=O) groups excluding carboxylic acids is 2. The number of benzene rings is 1. The average Bonchev–Trinajstić information content (AvgIpc) is 3.35. The molecule has 0 radical (unpaired) electrons. The van der Waals surface area contributed by atoms with Gasteiger partial charge in [-0.1, -0.05) is 30.3 Å². The minimum Gasteiger partial charge on any atom is -0.463 e. The van der Waals surface area contributed by atoms with Crippen molar-refractivity contribution >= 4 is 28.2 Å². The minimum absolute atomic E-state index is 0.0187. The minimum atomic E-state index is -0.424. The van der Waals surface area contributed by atoms with Gasteiger partial charge < -0.3 is 19.8 Å². The van der Waals surface area contributed by atoms with Crippen LogP contribution in [0, 0.1) is 6.92 Å². The number of hydrogen-bond acceptors (Lipinski definition) is 5. The molecule has 3 N–H and O–H groups in total. The van der Waals surface area contributed by atoms with E-state index in [1.807, 2.05) is 61.6 Å². The van der Waals surface area contributed by atoms with Crippen molar-refractivity contribution in [2.75, 3.05) is 18.5 Å². The number of amides is 1. The zero-order chi connectivity index (χ0) is 20.8.